The van der Waals surface area contributed by atoms with Gasteiger partial charge in [0.15, 0.2) is 0 Å². The second-order valence-corrected chi connectivity index (χ2v) is 6.38. The van der Waals surface area contributed by atoms with Crippen molar-refractivity contribution in [2.75, 3.05) is 0 Å². The van der Waals surface area contributed by atoms with Crippen LogP contribution < -0.4 is 5.73 Å². The van der Waals surface area contributed by atoms with E-state index in [0.29, 0.717) is 11.6 Å². The number of hydrogen-bond acceptors (Lipinski definition) is 3. The molecule has 0 amide bonds. The first-order valence-corrected chi connectivity index (χ1v) is 7.88. The molecule has 0 unspecified atom stereocenters. The minimum absolute atomic E-state index is 0.201. The molecule has 1 heterocycles. The number of halogens is 1. The van der Waals surface area contributed by atoms with Gasteiger partial charge in [-0.2, -0.15) is 0 Å². The number of rotatable bonds is 6. The zero-order chi connectivity index (χ0) is 13.9. The molecule has 4 heteroatoms. The third-order valence-electron chi connectivity index (χ3n) is 3.72. The predicted molar refractivity (Wildman–Crippen MR) is 80.9 cm³/mol. The van der Waals surface area contributed by atoms with Crippen LogP contribution in [0.3, 0.4) is 0 Å². The second kappa shape index (κ2) is 6.04. The van der Waals surface area contributed by atoms with Crippen LogP contribution in [0, 0.1) is 5.82 Å². The summed E-state index contributed by atoms with van der Waals surface area (Å²) in [5.41, 5.74) is 7.33. The maximum Gasteiger partial charge on any atom is 0.127 e. The lowest BCUT2D eigenvalue weighted by molar-refractivity contribution is 0.248. The standard InChI is InChI=1S/C16H19FN2S/c17-16-6-3-12(8-13(16)9-18)10-19(14-4-5-14)11-15-2-1-7-20-15/h1-3,6-8,14H,4-5,9-11,18H2. The smallest absolute Gasteiger partial charge is 0.127 e. The zero-order valence-corrected chi connectivity index (χ0v) is 12.2. The Morgan fingerprint density at radius 2 is 2.10 bits per heavy atom. The molecule has 0 aliphatic heterocycles. The van der Waals surface area contributed by atoms with Crippen molar-refractivity contribution in [1.29, 1.82) is 0 Å². The fourth-order valence-electron chi connectivity index (χ4n) is 2.47. The molecule has 1 aromatic heterocycles. The molecule has 0 atom stereocenters. The van der Waals surface area contributed by atoms with E-state index >= 15 is 0 Å². The van der Waals surface area contributed by atoms with Crippen LogP contribution in [-0.2, 0) is 19.6 Å². The quantitative estimate of drug-likeness (QED) is 0.882. The molecule has 106 valence electrons. The van der Waals surface area contributed by atoms with Crippen LogP contribution in [0.2, 0.25) is 0 Å². The van der Waals surface area contributed by atoms with Crippen LogP contribution >= 0.6 is 11.3 Å². The summed E-state index contributed by atoms with van der Waals surface area (Å²) in [4.78, 5) is 3.87. The number of benzene rings is 1. The van der Waals surface area contributed by atoms with Gasteiger partial charge in [0, 0.05) is 36.1 Å². The fraction of sp³-hybridized carbons (Fsp3) is 0.375. The van der Waals surface area contributed by atoms with E-state index in [9.17, 15) is 4.39 Å². The first kappa shape index (κ1) is 13.7. The van der Waals surface area contributed by atoms with E-state index in [1.54, 1.807) is 11.3 Å². The molecule has 3 rings (SSSR count). The Hall–Kier alpha value is -1.23. The van der Waals surface area contributed by atoms with Crippen molar-refractivity contribution in [2.45, 2.75) is 38.5 Å². The Morgan fingerprint density at radius 1 is 1.25 bits per heavy atom. The molecule has 1 saturated carbocycles. The number of nitrogens with two attached hydrogens (primary N) is 1. The molecular formula is C16H19FN2S. The summed E-state index contributed by atoms with van der Waals surface area (Å²) in [5.74, 6) is -0.201. The van der Waals surface area contributed by atoms with Gasteiger partial charge in [-0.25, -0.2) is 4.39 Å². The van der Waals surface area contributed by atoms with E-state index < -0.39 is 0 Å². The Kier molecular flexibility index (Phi) is 4.15. The van der Waals surface area contributed by atoms with E-state index in [1.165, 1.54) is 23.8 Å². The molecule has 1 fully saturated rings. The van der Waals surface area contributed by atoms with Crippen LogP contribution in [-0.4, -0.2) is 10.9 Å². The van der Waals surface area contributed by atoms with E-state index in [2.05, 4.69) is 22.4 Å². The predicted octanol–water partition coefficient (Wildman–Crippen LogP) is 3.51. The second-order valence-electron chi connectivity index (χ2n) is 5.35. The highest BCUT2D eigenvalue weighted by atomic mass is 32.1. The van der Waals surface area contributed by atoms with Crippen molar-refractivity contribution < 1.29 is 4.39 Å². The van der Waals surface area contributed by atoms with Gasteiger partial charge in [0.2, 0.25) is 0 Å². The number of nitrogens with zero attached hydrogens (tertiary/aromatic N) is 1. The van der Waals surface area contributed by atoms with Gasteiger partial charge >= 0.3 is 0 Å². The van der Waals surface area contributed by atoms with E-state index in [0.717, 1.165) is 18.7 Å². The molecular weight excluding hydrogens is 271 g/mol. The minimum atomic E-state index is -0.201. The summed E-state index contributed by atoms with van der Waals surface area (Å²) in [5, 5.41) is 2.12. The molecule has 0 spiro atoms. The summed E-state index contributed by atoms with van der Waals surface area (Å²) in [6.07, 6.45) is 2.55. The zero-order valence-electron chi connectivity index (χ0n) is 11.4. The molecule has 0 bridgehead atoms. The summed E-state index contributed by atoms with van der Waals surface area (Å²) in [6, 6.07) is 10.3. The van der Waals surface area contributed by atoms with Gasteiger partial charge < -0.3 is 5.73 Å². The Bertz CT molecular complexity index is 564. The highest BCUT2D eigenvalue weighted by molar-refractivity contribution is 7.09. The normalized spacial score (nSPS) is 14.9. The Morgan fingerprint density at radius 3 is 2.75 bits per heavy atom. The molecule has 20 heavy (non-hydrogen) atoms. The van der Waals surface area contributed by atoms with Gasteiger partial charge in [0.05, 0.1) is 0 Å². The van der Waals surface area contributed by atoms with Crippen molar-refractivity contribution >= 4 is 11.3 Å². The maximum atomic E-state index is 13.5. The van der Waals surface area contributed by atoms with Crippen LogP contribution in [0.25, 0.3) is 0 Å². The Labute approximate surface area is 123 Å². The van der Waals surface area contributed by atoms with Crippen LogP contribution in [0.1, 0.15) is 28.8 Å². The third kappa shape index (κ3) is 3.26. The lowest BCUT2D eigenvalue weighted by Crippen LogP contribution is -2.24. The first-order chi connectivity index (χ1) is 9.76. The van der Waals surface area contributed by atoms with E-state index in [1.807, 2.05) is 12.1 Å². The van der Waals surface area contributed by atoms with Crippen molar-refractivity contribution in [2.24, 2.45) is 5.73 Å². The van der Waals surface area contributed by atoms with Gasteiger partial charge in [0.1, 0.15) is 5.82 Å². The average molecular weight is 290 g/mol. The topological polar surface area (TPSA) is 29.3 Å². The van der Waals surface area contributed by atoms with Crippen molar-refractivity contribution in [1.82, 2.24) is 4.90 Å². The van der Waals surface area contributed by atoms with E-state index in [-0.39, 0.29) is 12.4 Å². The highest BCUT2D eigenvalue weighted by Gasteiger charge is 2.29. The van der Waals surface area contributed by atoms with Gasteiger partial charge in [0.25, 0.3) is 0 Å². The summed E-state index contributed by atoms with van der Waals surface area (Å²) in [7, 11) is 0. The maximum absolute atomic E-state index is 13.5. The van der Waals surface area contributed by atoms with Gasteiger partial charge in [-0.3, -0.25) is 4.90 Å². The molecule has 1 aliphatic rings. The summed E-state index contributed by atoms with van der Waals surface area (Å²) < 4.78 is 13.5. The number of hydrogen-bond donors (Lipinski definition) is 1. The molecule has 0 radical (unpaired) electrons. The molecule has 1 aromatic carbocycles. The lowest BCUT2D eigenvalue weighted by atomic mass is 10.1. The molecule has 2 aromatic rings. The largest absolute Gasteiger partial charge is 0.326 e. The van der Waals surface area contributed by atoms with E-state index in [4.69, 9.17) is 5.73 Å². The monoisotopic (exact) mass is 290 g/mol. The third-order valence-corrected chi connectivity index (χ3v) is 4.58. The van der Waals surface area contributed by atoms with Crippen LogP contribution in [0.4, 0.5) is 4.39 Å². The van der Waals surface area contributed by atoms with Crippen LogP contribution in [0.15, 0.2) is 35.7 Å². The van der Waals surface area contributed by atoms with Crippen LogP contribution in [0.5, 0.6) is 0 Å². The fourth-order valence-corrected chi connectivity index (χ4v) is 3.20. The van der Waals surface area contributed by atoms with Gasteiger partial charge in [-0.15, -0.1) is 11.3 Å². The molecule has 2 N–H and O–H groups in total. The van der Waals surface area contributed by atoms with Crippen molar-refractivity contribution in [3.05, 3.63) is 57.5 Å². The average Bonchev–Trinajstić information content (AvgIpc) is 3.18. The summed E-state index contributed by atoms with van der Waals surface area (Å²) >= 11 is 1.80. The SMILES string of the molecule is NCc1cc(CN(Cc2cccs2)C2CC2)ccc1F. The molecule has 2 nitrogen and oxygen atoms in total. The minimum Gasteiger partial charge on any atom is -0.326 e. The van der Waals surface area contributed by atoms with Gasteiger partial charge in [-0.05, 0) is 35.9 Å². The van der Waals surface area contributed by atoms with Crippen molar-refractivity contribution in [3.8, 4) is 0 Å². The first-order valence-electron chi connectivity index (χ1n) is 7.00. The van der Waals surface area contributed by atoms with Crippen molar-refractivity contribution in [3.63, 3.8) is 0 Å². The summed E-state index contributed by atoms with van der Waals surface area (Å²) in [6.45, 7) is 2.11. The molecule has 0 saturated heterocycles. The Balaban J connectivity index is 1.73. The van der Waals surface area contributed by atoms with Gasteiger partial charge in [-0.1, -0.05) is 18.2 Å². The molecule has 1 aliphatic carbocycles. The highest BCUT2D eigenvalue weighted by Crippen LogP contribution is 2.30. The number of thiophene rings is 1. The lowest BCUT2D eigenvalue weighted by Gasteiger charge is -2.21.